The Kier molecular flexibility index (Phi) is 7.87. The van der Waals surface area contributed by atoms with Gasteiger partial charge in [-0.15, -0.1) is 16.8 Å². The van der Waals surface area contributed by atoms with Gasteiger partial charge in [-0.2, -0.15) is 0 Å². The molecule has 1 unspecified atom stereocenters. The molecule has 0 saturated heterocycles. The van der Waals surface area contributed by atoms with E-state index in [1.54, 1.807) is 41.0 Å². The van der Waals surface area contributed by atoms with Gasteiger partial charge < -0.3 is 9.88 Å². The minimum atomic E-state index is -3.58. The minimum absolute atomic E-state index is 0.144. The van der Waals surface area contributed by atoms with Crippen LogP contribution in [0.1, 0.15) is 24.7 Å². The van der Waals surface area contributed by atoms with Crippen molar-refractivity contribution in [2.24, 2.45) is 0 Å². The Balaban J connectivity index is 1.80. The average Bonchev–Trinajstić information content (AvgIpc) is 3.13. The molecule has 32 heavy (non-hydrogen) atoms. The van der Waals surface area contributed by atoms with Crippen LogP contribution in [0.3, 0.4) is 0 Å². The van der Waals surface area contributed by atoms with Crippen LogP contribution in [-0.2, 0) is 26.9 Å². The third-order valence-corrected chi connectivity index (χ3v) is 7.70. The molecular weight excluding hydrogens is 444 g/mol. The van der Waals surface area contributed by atoms with E-state index >= 15 is 0 Å². The van der Waals surface area contributed by atoms with Gasteiger partial charge >= 0.3 is 0 Å². The highest BCUT2D eigenvalue weighted by Gasteiger charge is 2.25. The second-order valence-electron chi connectivity index (χ2n) is 7.24. The number of hydrogen-bond donors (Lipinski definition) is 1. The Hall–Kier alpha value is -2.91. The molecular formula is C23H26N4O3S2. The summed E-state index contributed by atoms with van der Waals surface area (Å²) in [4.78, 5) is 13.1. The smallest absolute Gasteiger partial charge is 0.237 e. The van der Waals surface area contributed by atoms with Crippen molar-refractivity contribution in [1.29, 1.82) is 0 Å². The van der Waals surface area contributed by atoms with Gasteiger partial charge in [0, 0.05) is 12.2 Å². The highest BCUT2D eigenvalue weighted by Crippen LogP contribution is 2.27. The predicted molar refractivity (Wildman–Crippen MR) is 127 cm³/mol. The largest absolute Gasteiger partial charge is 0.325 e. The van der Waals surface area contributed by atoms with Crippen molar-refractivity contribution >= 4 is 33.2 Å². The molecule has 1 atom stereocenters. The number of sulfone groups is 1. The second-order valence-corrected chi connectivity index (χ2v) is 10.4. The van der Waals surface area contributed by atoms with Crippen molar-refractivity contribution in [2.75, 3.05) is 5.32 Å². The van der Waals surface area contributed by atoms with E-state index in [-0.39, 0.29) is 16.6 Å². The highest BCUT2D eigenvalue weighted by molar-refractivity contribution is 8.00. The molecule has 0 aliphatic heterocycles. The number of carbonyl (C=O) groups is 1. The van der Waals surface area contributed by atoms with Gasteiger partial charge in [0.15, 0.2) is 15.0 Å². The fourth-order valence-corrected chi connectivity index (χ4v) is 5.38. The number of benzene rings is 2. The Labute approximate surface area is 192 Å². The van der Waals surface area contributed by atoms with Gasteiger partial charge in [0.1, 0.15) is 11.6 Å². The summed E-state index contributed by atoms with van der Waals surface area (Å²) in [5, 5.41) is 11.3. The van der Waals surface area contributed by atoms with Crippen LogP contribution < -0.4 is 5.32 Å². The zero-order valence-electron chi connectivity index (χ0n) is 18.1. The number of aryl methyl sites for hydroxylation is 1. The first-order chi connectivity index (χ1) is 15.3. The summed E-state index contributed by atoms with van der Waals surface area (Å²) < 4.78 is 27.3. The molecule has 3 rings (SSSR count). The number of nitrogens with one attached hydrogen (secondary N) is 1. The van der Waals surface area contributed by atoms with E-state index in [9.17, 15) is 13.2 Å². The van der Waals surface area contributed by atoms with E-state index in [4.69, 9.17) is 0 Å². The Morgan fingerprint density at radius 3 is 2.59 bits per heavy atom. The summed E-state index contributed by atoms with van der Waals surface area (Å²) in [6, 6.07) is 15.8. The zero-order valence-corrected chi connectivity index (χ0v) is 19.7. The fourth-order valence-electron chi connectivity index (χ4n) is 3.10. The van der Waals surface area contributed by atoms with Crippen molar-refractivity contribution in [2.45, 2.75) is 47.9 Å². The number of nitrogens with zero attached hydrogens (tertiary/aromatic N) is 3. The lowest BCUT2D eigenvalue weighted by atomic mass is 10.2. The quantitative estimate of drug-likeness (QED) is 0.352. The van der Waals surface area contributed by atoms with E-state index in [1.165, 1.54) is 11.8 Å². The minimum Gasteiger partial charge on any atom is -0.325 e. The van der Waals surface area contributed by atoms with Crippen molar-refractivity contribution in [1.82, 2.24) is 14.8 Å². The van der Waals surface area contributed by atoms with E-state index < -0.39 is 15.1 Å². The van der Waals surface area contributed by atoms with Crippen molar-refractivity contribution in [3.63, 3.8) is 0 Å². The van der Waals surface area contributed by atoms with E-state index in [1.807, 2.05) is 38.1 Å². The number of anilines is 1. The lowest BCUT2D eigenvalue weighted by Gasteiger charge is -2.15. The molecule has 2 aromatic carbocycles. The van der Waals surface area contributed by atoms with Gasteiger partial charge in [-0.1, -0.05) is 55.1 Å². The molecule has 1 amide bonds. The van der Waals surface area contributed by atoms with Crippen LogP contribution in [0.2, 0.25) is 0 Å². The molecule has 0 aliphatic rings. The molecule has 1 N–H and O–H groups in total. The fraction of sp³-hybridized carbons (Fsp3) is 0.261. The molecule has 0 radical (unpaired) electrons. The lowest BCUT2D eigenvalue weighted by Crippen LogP contribution is -2.25. The van der Waals surface area contributed by atoms with Gasteiger partial charge in [-0.05, 0) is 43.2 Å². The van der Waals surface area contributed by atoms with Crippen LogP contribution in [0.4, 0.5) is 5.69 Å². The predicted octanol–water partition coefficient (Wildman–Crippen LogP) is 4.26. The number of rotatable bonds is 10. The molecule has 1 aromatic heterocycles. The van der Waals surface area contributed by atoms with Crippen LogP contribution in [0, 0.1) is 6.92 Å². The number of thioether (sulfide) groups is 1. The summed E-state index contributed by atoms with van der Waals surface area (Å²) in [6.07, 6.45) is 2.22. The third kappa shape index (κ3) is 5.86. The molecule has 0 aliphatic carbocycles. The molecule has 0 saturated carbocycles. The van der Waals surface area contributed by atoms with Crippen molar-refractivity contribution in [3.8, 4) is 0 Å². The van der Waals surface area contributed by atoms with Crippen LogP contribution >= 0.6 is 11.8 Å². The first-order valence-electron chi connectivity index (χ1n) is 10.2. The molecule has 0 spiro atoms. The summed E-state index contributed by atoms with van der Waals surface area (Å²) in [6.45, 7) is 7.98. The summed E-state index contributed by atoms with van der Waals surface area (Å²) >= 11 is 1.26. The summed E-state index contributed by atoms with van der Waals surface area (Å²) in [5.74, 6) is -0.120. The van der Waals surface area contributed by atoms with Gasteiger partial charge in [-0.3, -0.25) is 4.79 Å². The van der Waals surface area contributed by atoms with E-state index in [0.29, 0.717) is 23.9 Å². The molecule has 7 nitrogen and oxygen atoms in total. The van der Waals surface area contributed by atoms with Gasteiger partial charge in [0.2, 0.25) is 5.91 Å². The summed E-state index contributed by atoms with van der Waals surface area (Å²) in [7, 11) is -3.58. The van der Waals surface area contributed by atoms with Gasteiger partial charge in [0.05, 0.1) is 10.1 Å². The number of amides is 1. The Bertz CT molecular complexity index is 1190. The monoisotopic (exact) mass is 470 g/mol. The van der Waals surface area contributed by atoms with Crippen molar-refractivity contribution in [3.05, 3.63) is 78.6 Å². The number of allylic oxidation sites excluding steroid dienone is 1. The second kappa shape index (κ2) is 10.6. The van der Waals surface area contributed by atoms with Crippen LogP contribution in [0.5, 0.6) is 0 Å². The molecule has 168 valence electrons. The lowest BCUT2D eigenvalue weighted by molar-refractivity contribution is -0.115. The first-order valence-corrected chi connectivity index (χ1v) is 12.7. The van der Waals surface area contributed by atoms with E-state index in [0.717, 1.165) is 11.3 Å². The Morgan fingerprint density at radius 1 is 1.19 bits per heavy atom. The van der Waals surface area contributed by atoms with Crippen molar-refractivity contribution < 1.29 is 13.2 Å². The standard InChI is InChI=1S/C23H26N4O3S2/c1-4-14-27-21(16-32(29,30)19-12-7-6-8-13-19)25-26-23(27)31-20(5-2)22(28)24-18-11-9-10-17(3)15-18/h4,6-13,15,20H,1,5,14,16H2,2-3H3,(H,24,28). The topological polar surface area (TPSA) is 93.9 Å². The zero-order chi connectivity index (χ0) is 23.1. The van der Waals surface area contributed by atoms with Gasteiger partial charge in [0.25, 0.3) is 0 Å². The summed E-state index contributed by atoms with van der Waals surface area (Å²) in [5.41, 5.74) is 1.79. The van der Waals surface area contributed by atoms with Crippen LogP contribution in [-0.4, -0.2) is 34.3 Å². The molecule has 0 bridgehead atoms. The average molecular weight is 471 g/mol. The highest BCUT2D eigenvalue weighted by atomic mass is 32.2. The first kappa shape index (κ1) is 23.7. The van der Waals surface area contributed by atoms with Crippen LogP contribution in [0.25, 0.3) is 0 Å². The molecule has 9 heteroatoms. The number of aromatic nitrogens is 3. The third-order valence-electron chi connectivity index (χ3n) is 4.72. The molecule has 0 fully saturated rings. The SMILES string of the molecule is C=CCn1c(CS(=O)(=O)c2ccccc2)nnc1SC(CC)C(=O)Nc1cccc(C)c1. The van der Waals surface area contributed by atoms with Gasteiger partial charge in [-0.25, -0.2) is 8.42 Å². The molecule has 3 aromatic rings. The normalized spacial score (nSPS) is 12.3. The molecule has 1 heterocycles. The Morgan fingerprint density at radius 2 is 1.94 bits per heavy atom. The maximum atomic E-state index is 12.8. The number of carbonyl (C=O) groups excluding carboxylic acids is 1. The van der Waals surface area contributed by atoms with Crippen LogP contribution in [0.15, 0.2) is 77.3 Å². The number of hydrogen-bond acceptors (Lipinski definition) is 6. The maximum Gasteiger partial charge on any atom is 0.237 e. The maximum absolute atomic E-state index is 12.8. The van der Waals surface area contributed by atoms with E-state index in [2.05, 4.69) is 22.1 Å².